The van der Waals surface area contributed by atoms with Gasteiger partial charge in [-0.2, -0.15) is 0 Å². The third-order valence-corrected chi connectivity index (χ3v) is 3.59. The summed E-state index contributed by atoms with van der Waals surface area (Å²) in [5.74, 6) is 2.80. The van der Waals surface area contributed by atoms with Gasteiger partial charge in [-0.1, -0.05) is 73.1 Å². The molecule has 0 aromatic carbocycles. The van der Waals surface area contributed by atoms with E-state index in [-0.39, 0.29) is 0 Å². The highest BCUT2D eigenvalue weighted by Gasteiger charge is 2.06. The molecule has 0 aliphatic heterocycles. The van der Waals surface area contributed by atoms with Crippen LogP contribution in [0.5, 0.6) is 0 Å². The molecule has 0 heterocycles. The third-order valence-electron chi connectivity index (χ3n) is 3.59. The van der Waals surface area contributed by atoms with Crippen LogP contribution in [-0.2, 0) is 0 Å². The van der Waals surface area contributed by atoms with Crippen LogP contribution < -0.4 is 0 Å². The molecular formula is C15H32. The zero-order chi connectivity index (χ0) is 11.7. The van der Waals surface area contributed by atoms with E-state index in [4.69, 9.17) is 0 Å². The number of unbranched alkanes of at least 4 members (excludes halogenated alkanes) is 1. The molecule has 0 aromatic heterocycles. The predicted molar refractivity (Wildman–Crippen MR) is 71.2 cm³/mol. The maximum atomic E-state index is 2.41. The van der Waals surface area contributed by atoms with E-state index in [1.165, 1.54) is 44.9 Å². The molecule has 1 atom stereocenters. The summed E-state index contributed by atoms with van der Waals surface area (Å²) >= 11 is 0. The molecule has 0 aromatic rings. The van der Waals surface area contributed by atoms with Gasteiger partial charge >= 0.3 is 0 Å². The molecule has 0 aliphatic rings. The van der Waals surface area contributed by atoms with E-state index in [2.05, 4.69) is 34.6 Å². The Labute approximate surface area is 97.8 Å². The molecule has 15 heavy (non-hydrogen) atoms. The smallest absolute Gasteiger partial charge is 0.0420 e. The van der Waals surface area contributed by atoms with Crippen LogP contribution in [0.2, 0.25) is 0 Å². The number of hydrogen-bond donors (Lipinski definition) is 0. The quantitative estimate of drug-likeness (QED) is 0.432. The average molecular weight is 212 g/mol. The summed E-state index contributed by atoms with van der Waals surface area (Å²) in [5, 5.41) is 0. The summed E-state index contributed by atoms with van der Waals surface area (Å²) in [7, 11) is 0. The lowest BCUT2D eigenvalue weighted by molar-refractivity contribution is 0.377. The number of hydrogen-bond acceptors (Lipinski definition) is 0. The molecule has 0 radical (unpaired) electrons. The first kappa shape index (κ1) is 15.0. The standard InChI is InChI=1S/C15H32/c1-6-15(7-2)11-9-8-10-14(5)12-13(3)4/h13-15H,6-12H2,1-5H3. The Bertz CT molecular complexity index is 122. The van der Waals surface area contributed by atoms with Crippen LogP contribution in [-0.4, -0.2) is 0 Å². The van der Waals surface area contributed by atoms with Crippen LogP contribution in [0.15, 0.2) is 0 Å². The average Bonchev–Trinajstić information content (AvgIpc) is 2.17. The van der Waals surface area contributed by atoms with Gasteiger partial charge < -0.3 is 0 Å². The van der Waals surface area contributed by atoms with E-state index in [0.717, 1.165) is 17.8 Å². The van der Waals surface area contributed by atoms with Crippen LogP contribution in [0.4, 0.5) is 0 Å². The first-order valence-corrected chi connectivity index (χ1v) is 7.10. The Kier molecular flexibility index (Phi) is 9.24. The van der Waals surface area contributed by atoms with Gasteiger partial charge in [-0.25, -0.2) is 0 Å². The van der Waals surface area contributed by atoms with E-state index in [9.17, 15) is 0 Å². The fourth-order valence-corrected chi connectivity index (χ4v) is 2.55. The van der Waals surface area contributed by atoms with Gasteiger partial charge in [0.05, 0.1) is 0 Å². The van der Waals surface area contributed by atoms with Crippen LogP contribution in [0.25, 0.3) is 0 Å². The van der Waals surface area contributed by atoms with Crippen molar-refractivity contribution in [1.82, 2.24) is 0 Å². The van der Waals surface area contributed by atoms with Crippen LogP contribution in [0, 0.1) is 17.8 Å². The van der Waals surface area contributed by atoms with Crippen molar-refractivity contribution in [2.75, 3.05) is 0 Å². The highest BCUT2D eigenvalue weighted by Crippen LogP contribution is 2.21. The van der Waals surface area contributed by atoms with E-state index in [1.54, 1.807) is 0 Å². The lowest BCUT2D eigenvalue weighted by atomic mass is 9.91. The molecule has 0 amide bonds. The zero-order valence-electron chi connectivity index (χ0n) is 11.7. The van der Waals surface area contributed by atoms with E-state index >= 15 is 0 Å². The fraction of sp³-hybridized carbons (Fsp3) is 1.00. The van der Waals surface area contributed by atoms with Crippen molar-refractivity contribution in [3.05, 3.63) is 0 Å². The summed E-state index contributed by atoms with van der Waals surface area (Å²) in [6.45, 7) is 11.7. The van der Waals surface area contributed by atoms with E-state index in [1.807, 2.05) is 0 Å². The SMILES string of the molecule is CCC(CC)CCCCC(C)CC(C)C. The monoisotopic (exact) mass is 212 g/mol. The minimum absolute atomic E-state index is 0.874. The first-order chi connectivity index (χ1) is 7.10. The highest BCUT2D eigenvalue weighted by atomic mass is 14.1. The summed E-state index contributed by atoms with van der Waals surface area (Å²) in [4.78, 5) is 0. The van der Waals surface area contributed by atoms with Gasteiger partial charge in [-0.15, -0.1) is 0 Å². The summed E-state index contributed by atoms with van der Waals surface area (Å²) in [5.41, 5.74) is 0. The second-order valence-corrected chi connectivity index (χ2v) is 5.70. The van der Waals surface area contributed by atoms with Crippen molar-refractivity contribution >= 4 is 0 Å². The van der Waals surface area contributed by atoms with Crippen molar-refractivity contribution in [3.8, 4) is 0 Å². The van der Waals surface area contributed by atoms with Gasteiger partial charge in [-0.3, -0.25) is 0 Å². The molecule has 0 N–H and O–H groups in total. The van der Waals surface area contributed by atoms with Gasteiger partial charge in [0.25, 0.3) is 0 Å². The van der Waals surface area contributed by atoms with Crippen molar-refractivity contribution in [2.24, 2.45) is 17.8 Å². The van der Waals surface area contributed by atoms with Crippen LogP contribution >= 0.6 is 0 Å². The second kappa shape index (κ2) is 9.24. The summed E-state index contributed by atoms with van der Waals surface area (Å²) in [6, 6.07) is 0. The fourth-order valence-electron chi connectivity index (χ4n) is 2.55. The topological polar surface area (TPSA) is 0 Å². The Morgan fingerprint density at radius 3 is 1.80 bits per heavy atom. The highest BCUT2D eigenvalue weighted by molar-refractivity contribution is 4.59. The minimum atomic E-state index is 0.874. The Morgan fingerprint density at radius 1 is 0.800 bits per heavy atom. The third kappa shape index (κ3) is 8.96. The van der Waals surface area contributed by atoms with Crippen molar-refractivity contribution in [2.45, 2.75) is 79.6 Å². The molecule has 0 heteroatoms. The lowest BCUT2D eigenvalue weighted by Gasteiger charge is -2.15. The summed E-state index contributed by atoms with van der Waals surface area (Å²) in [6.07, 6.45) is 9.96. The zero-order valence-corrected chi connectivity index (χ0v) is 11.7. The van der Waals surface area contributed by atoms with Gasteiger partial charge in [0.1, 0.15) is 0 Å². The Hall–Kier alpha value is 0. The van der Waals surface area contributed by atoms with Crippen LogP contribution in [0.3, 0.4) is 0 Å². The van der Waals surface area contributed by atoms with E-state index in [0.29, 0.717) is 0 Å². The van der Waals surface area contributed by atoms with Gasteiger partial charge in [0, 0.05) is 0 Å². The first-order valence-electron chi connectivity index (χ1n) is 7.10. The molecule has 0 saturated carbocycles. The molecule has 0 aliphatic carbocycles. The summed E-state index contributed by atoms with van der Waals surface area (Å²) < 4.78 is 0. The normalized spacial score (nSPS) is 13.8. The number of rotatable bonds is 9. The Morgan fingerprint density at radius 2 is 1.33 bits per heavy atom. The molecule has 0 rings (SSSR count). The van der Waals surface area contributed by atoms with Gasteiger partial charge in [0.15, 0.2) is 0 Å². The molecule has 0 nitrogen and oxygen atoms in total. The molecule has 1 unspecified atom stereocenters. The van der Waals surface area contributed by atoms with E-state index < -0.39 is 0 Å². The lowest BCUT2D eigenvalue weighted by Crippen LogP contribution is -2.01. The molecule has 0 bridgehead atoms. The largest absolute Gasteiger partial charge is 0.0651 e. The Balaban J connectivity index is 3.37. The maximum absolute atomic E-state index is 2.41. The predicted octanol–water partition coefficient (Wildman–Crippen LogP) is 5.67. The van der Waals surface area contributed by atoms with Gasteiger partial charge in [-0.05, 0) is 24.2 Å². The maximum Gasteiger partial charge on any atom is -0.0420 e. The van der Waals surface area contributed by atoms with Crippen molar-refractivity contribution in [3.63, 3.8) is 0 Å². The van der Waals surface area contributed by atoms with Crippen molar-refractivity contribution < 1.29 is 0 Å². The van der Waals surface area contributed by atoms with Crippen molar-refractivity contribution in [1.29, 1.82) is 0 Å². The second-order valence-electron chi connectivity index (χ2n) is 5.70. The minimum Gasteiger partial charge on any atom is -0.0651 e. The molecule has 0 saturated heterocycles. The van der Waals surface area contributed by atoms with Gasteiger partial charge in [0.2, 0.25) is 0 Å². The molecular weight excluding hydrogens is 180 g/mol. The molecule has 92 valence electrons. The van der Waals surface area contributed by atoms with Crippen LogP contribution in [0.1, 0.15) is 79.6 Å². The molecule has 0 spiro atoms. The molecule has 0 fully saturated rings.